The van der Waals surface area contributed by atoms with E-state index in [-0.39, 0.29) is 49.2 Å². The van der Waals surface area contributed by atoms with Gasteiger partial charge in [-0.1, -0.05) is 0 Å². The van der Waals surface area contributed by atoms with E-state index < -0.39 is 64.3 Å². The Bertz CT molecular complexity index is 2610. The number of hydrazine groups is 1. The van der Waals surface area contributed by atoms with Gasteiger partial charge in [0.2, 0.25) is 0 Å². The van der Waals surface area contributed by atoms with Gasteiger partial charge in [0, 0.05) is 32.3 Å². The Morgan fingerprint density at radius 3 is 2.52 bits per heavy atom. The van der Waals surface area contributed by atoms with Gasteiger partial charge in [0.15, 0.2) is 0 Å². The monoisotopic (exact) mass is 1180 g/mol. The molecule has 3 aromatic rings. The summed E-state index contributed by atoms with van der Waals surface area (Å²) in [6, 6.07) is 3.03. The fourth-order valence-corrected chi connectivity index (χ4v) is 12.4. The number of aliphatic imine (C=N–C) groups is 1. The van der Waals surface area contributed by atoms with E-state index in [9.17, 15) is 23.6 Å². The first-order valence-corrected chi connectivity index (χ1v) is 26.1. The number of carbonyl (C=O) groups is 4. The second-order valence-corrected chi connectivity index (χ2v) is 22.1. The first-order valence-electron chi connectivity index (χ1n) is 24.4. The number of hydrogen-bond donors (Lipinski definition) is 2. The fraction of sp³-hybridized carbons (Fsp3) is 0.588. The van der Waals surface area contributed by atoms with Crippen LogP contribution in [0.3, 0.4) is 0 Å². The summed E-state index contributed by atoms with van der Waals surface area (Å²) >= 11 is 6.96. The van der Waals surface area contributed by atoms with Crippen molar-refractivity contribution in [2.24, 2.45) is 21.7 Å². The summed E-state index contributed by atoms with van der Waals surface area (Å²) in [4.78, 5) is 69.7. The van der Waals surface area contributed by atoms with E-state index >= 15 is 4.39 Å². The quantitative estimate of drug-likeness (QED) is 0.144. The van der Waals surface area contributed by atoms with Gasteiger partial charge in [-0.05, 0) is 19.9 Å². The van der Waals surface area contributed by atoms with Crippen LogP contribution in [0.4, 0.5) is 14.5 Å². The van der Waals surface area contributed by atoms with Gasteiger partial charge in [0.05, 0.1) is 36.9 Å². The second-order valence-electron chi connectivity index (χ2n) is 20.4. The predicted molar refractivity (Wildman–Crippen MR) is 262 cm³/mol. The van der Waals surface area contributed by atoms with Gasteiger partial charge >= 0.3 is 323 Å². The van der Waals surface area contributed by atoms with E-state index in [4.69, 9.17) is 37.4 Å². The summed E-state index contributed by atoms with van der Waals surface area (Å²) in [5.74, 6) is -2.62. The van der Waals surface area contributed by atoms with Crippen LogP contribution in [-0.4, -0.2) is 148 Å². The first-order chi connectivity index (χ1) is 33.8. The van der Waals surface area contributed by atoms with Crippen molar-refractivity contribution in [2.45, 2.75) is 110 Å². The van der Waals surface area contributed by atoms with E-state index in [0.717, 1.165) is 27.9 Å². The van der Waals surface area contributed by atoms with Crippen molar-refractivity contribution in [1.29, 1.82) is 0 Å². The molecule has 0 aliphatic carbocycles. The molecule has 0 unspecified atom stereocenters. The third kappa shape index (κ3) is 10.6. The number of hydrogen-bond acceptors (Lipinski definition) is 12. The number of likely N-dealkylation sites (tertiary alicyclic amines) is 2. The molecule has 4 saturated heterocycles. The number of anilines is 1. The molecule has 5 aliphatic rings. The van der Waals surface area contributed by atoms with E-state index in [1.165, 1.54) is 34.1 Å². The number of halogens is 3. The summed E-state index contributed by atoms with van der Waals surface area (Å²) in [5, 5.41) is 5.55. The van der Waals surface area contributed by atoms with Gasteiger partial charge in [0.1, 0.15) is 0 Å². The molecule has 20 heteroatoms. The summed E-state index contributed by atoms with van der Waals surface area (Å²) in [5.41, 5.74) is 4.20. The molecule has 1 spiro atoms. The molecule has 16 nitrogen and oxygen atoms in total. The minimum atomic E-state index is -2.18. The number of methoxy groups -OCH3 is 1. The van der Waals surface area contributed by atoms with Crippen LogP contribution >= 0.6 is 11.6 Å². The number of fused-ring (bicyclic) bond motifs is 3. The Kier molecular flexibility index (Phi) is 16.0. The Labute approximate surface area is 429 Å². The van der Waals surface area contributed by atoms with Gasteiger partial charge in [0.25, 0.3) is 0 Å². The number of aromatic nitrogens is 2. The van der Waals surface area contributed by atoms with Crippen LogP contribution in [0.15, 0.2) is 29.4 Å². The molecule has 5 atom stereocenters. The third-order valence-corrected chi connectivity index (χ3v) is 15.8. The first kappa shape index (κ1) is 52.8. The molecule has 2 aromatic heterocycles. The zero-order valence-corrected chi connectivity index (χ0v) is 44.7. The zero-order valence-electron chi connectivity index (χ0n) is 41.4. The Morgan fingerprint density at radius 1 is 1.11 bits per heavy atom. The maximum absolute atomic E-state index is 16.7. The second kappa shape index (κ2) is 21.5. The molecule has 4 bridgehead atoms. The van der Waals surface area contributed by atoms with E-state index in [1.54, 1.807) is 18.1 Å². The molecule has 1 aromatic carbocycles. The number of ether oxygens (including phenoxy) is 3. The van der Waals surface area contributed by atoms with Gasteiger partial charge in [-0.2, -0.15) is 0 Å². The summed E-state index contributed by atoms with van der Waals surface area (Å²) in [7, 11) is 1.64. The van der Waals surface area contributed by atoms with Gasteiger partial charge in [-0.3, -0.25) is 4.98 Å². The van der Waals surface area contributed by atoms with Crippen LogP contribution in [0.5, 0.6) is 0 Å². The molecule has 4 fully saturated rings. The summed E-state index contributed by atoms with van der Waals surface area (Å²) < 4.78 is 50.8. The molecular formula is C51H64ClF2N9O7Os-2. The van der Waals surface area contributed by atoms with Crippen LogP contribution in [0, 0.1) is 29.1 Å². The van der Waals surface area contributed by atoms with Crippen LogP contribution in [0.1, 0.15) is 90.2 Å². The van der Waals surface area contributed by atoms with E-state index in [2.05, 4.69) is 37.5 Å². The number of pyridine rings is 1. The van der Waals surface area contributed by atoms with Gasteiger partial charge in [-0.25, -0.2) is 0 Å². The van der Waals surface area contributed by atoms with E-state index in [1.807, 2.05) is 47.7 Å². The Morgan fingerprint density at radius 2 is 1.85 bits per heavy atom. The predicted octanol–water partition coefficient (Wildman–Crippen LogP) is 5.39. The summed E-state index contributed by atoms with van der Waals surface area (Å²) in [6.07, 6.45) is 6.14. The van der Waals surface area contributed by atoms with Crippen LogP contribution in [-0.2, 0) is 64.5 Å². The number of benzene rings is 1. The fourth-order valence-electron chi connectivity index (χ4n) is 10.6. The number of aryl methyl sites for hydroxylation is 1. The van der Waals surface area contributed by atoms with Crippen LogP contribution in [0.25, 0.3) is 27.9 Å². The molecule has 2 N–H and O–H groups in total. The average Bonchev–Trinajstić information content (AvgIpc) is 3.83. The average molecular weight is 1180 g/mol. The SMILES string of the molecule is [CH-]=C1N=[C-]C[C@H](N[C](=[Os])[C@H](C(C)C)N2CCC3(CN(C(=O)[C@H](F)Cl)C3)C2=O)C(=O)N2CCC[C@H](N2)C(=O)OCC(C)(C)Cc2c(-c3cc(N4CCOCC4)cnc3[C@H](C)OC)n(CC)c3cc(F)c1cc23. The van der Waals surface area contributed by atoms with Crippen molar-refractivity contribution in [3.8, 4) is 11.3 Å². The number of esters is 1. The number of amides is 3. The maximum atomic E-state index is 16.7. The normalized spacial score (nSPS) is 23.3. The number of nitrogens with zero attached hydrogens (tertiary/aromatic N) is 7. The van der Waals surface area contributed by atoms with Crippen molar-refractivity contribution in [3.05, 3.63) is 53.6 Å². The number of carbonyl (C=O) groups excluding carboxylic acids is 4. The van der Waals surface area contributed by atoms with Gasteiger partial charge in [-0.15, -0.1) is 0 Å². The third-order valence-electron chi connectivity index (χ3n) is 14.5. The molecule has 5 aliphatic heterocycles. The topological polar surface area (TPSA) is 163 Å². The van der Waals surface area contributed by atoms with Crippen molar-refractivity contribution in [1.82, 2.24) is 35.1 Å². The number of nitrogens with one attached hydrogen (secondary N) is 2. The number of morpholine rings is 1. The van der Waals surface area contributed by atoms with Crippen LogP contribution in [0.2, 0.25) is 0 Å². The molecule has 386 valence electrons. The molecule has 3 amide bonds. The number of alkyl halides is 2. The molecular weight excluding hydrogens is 1110 g/mol. The molecule has 7 heterocycles. The van der Waals surface area contributed by atoms with Crippen molar-refractivity contribution < 1.29 is 60.3 Å². The summed E-state index contributed by atoms with van der Waals surface area (Å²) in [6.45, 7) is 22.6. The Balaban J connectivity index is 1.16. The zero-order chi connectivity index (χ0) is 51.1. The van der Waals surface area contributed by atoms with Crippen LogP contribution < -0.4 is 15.6 Å². The van der Waals surface area contributed by atoms with Crippen molar-refractivity contribution in [3.63, 3.8) is 0 Å². The van der Waals surface area contributed by atoms with Crippen molar-refractivity contribution >= 4 is 68.0 Å². The number of cyclic esters (lactones) is 1. The van der Waals surface area contributed by atoms with Crippen molar-refractivity contribution in [2.75, 3.05) is 71.1 Å². The minimum absolute atomic E-state index is 0.0366. The van der Waals surface area contributed by atoms with Gasteiger partial charge < -0.3 is 14.4 Å². The number of rotatable bonds is 11. The van der Waals surface area contributed by atoms with E-state index in [0.29, 0.717) is 87.0 Å². The Hall–Kier alpha value is -4.50. The molecule has 0 radical (unpaired) electrons. The molecule has 71 heavy (non-hydrogen) atoms. The molecule has 8 rings (SSSR count). The standard InChI is InChI=1S/C51H64ClF2N9O7.Os/c1-9-61-41-23-38(53)34-22-35(41)37(44(61)36-21-33(59-17-19-69-20-18-59)25-57-43(36)32(5)68-8)24-50(6,7)29-70-48(66)40-11-10-15-63(58-40)46(64)39(12-14-55-31(34)4)56-26-42(30(2)3)62-16-13-51(49(62)67)27-60(28-51)47(65)45(52)54;/h4,21-23,25,30,32,39-40,42,45,56,58H,9-13,15-20,24,27-29H2,1-3,5-8H3;/q-2;/t32-,39-,40-,42+,45-;/m0./s1. The molecule has 0 saturated carbocycles.